The van der Waals surface area contributed by atoms with Crippen LogP contribution < -0.4 is 10.0 Å². The van der Waals surface area contributed by atoms with Crippen molar-refractivity contribution in [1.82, 2.24) is 10.0 Å². The molecule has 1 aromatic rings. The van der Waals surface area contributed by atoms with E-state index in [9.17, 15) is 8.42 Å². The van der Waals surface area contributed by atoms with Gasteiger partial charge in [0, 0.05) is 16.1 Å². The van der Waals surface area contributed by atoms with E-state index in [1.807, 2.05) is 6.92 Å². The van der Waals surface area contributed by atoms with E-state index < -0.39 is 10.0 Å². The second kappa shape index (κ2) is 7.99. The van der Waals surface area contributed by atoms with E-state index >= 15 is 0 Å². The molecule has 0 aromatic heterocycles. The average Bonchev–Trinajstić information content (AvgIpc) is 2.29. The predicted octanol–water partition coefficient (Wildman–Crippen LogP) is 2.83. The number of nitrogens with one attached hydrogen (secondary N) is 2. The monoisotopic (exact) mass is 372 g/mol. The normalized spacial score (nSPS) is 22.6. The topological polar surface area (TPSA) is 58.2 Å². The lowest BCUT2D eigenvalue weighted by molar-refractivity contribution is 0.328. The van der Waals surface area contributed by atoms with Crippen molar-refractivity contribution in [3.8, 4) is 0 Å². The van der Waals surface area contributed by atoms with Crippen molar-refractivity contribution in [2.45, 2.75) is 25.1 Å². The largest absolute Gasteiger partial charge is 0.316 e. The fraction of sp³-hybridized carbons (Fsp3) is 0.538. The molecule has 0 radical (unpaired) electrons. The van der Waals surface area contributed by atoms with Crippen LogP contribution in [-0.4, -0.2) is 27.5 Å². The highest BCUT2D eigenvalue weighted by Crippen LogP contribution is 2.21. The Morgan fingerprint density at radius 1 is 1.29 bits per heavy atom. The molecule has 2 rings (SSSR count). The number of sulfonamides is 1. The summed E-state index contributed by atoms with van der Waals surface area (Å²) < 4.78 is 27.2. The average molecular weight is 374 g/mol. The SMILES string of the molecule is CC1CNCCC1NS(=O)(=O)Cc1cc(Cl)cc(Cl)c1.Cl. The van der Waals surface area contributed by atoms with Crippen molar-refractivity contribution in [2.24, 2.45) is 5.92 Å². The summed E-state index contributed by atoms with van der Waals surface area (Å²) in [6, 6.07) is 4.81. The number of hydrogen-bond acceptors (Lipinski definition) is 3. The maximum absolute atomic E-state index is 12.2. The summed E-state index contributed by atoms with van der Waals surface area (Å²) in [6.45, 7) is 3.70. The number of piperidine rings is 1. The molecule has 2 N–H and O–H groups in total. The molecular weight excluding hydrogens is 355 g/mol. The number of benzene rings is 1. The third-order valence-corrected chi connectivity index (χ3v) is 5.21. The molecule has 0 amide bonds. The number of rotatable bonds is 4. The van der Waals surface area contributed by atoms with E-state index in [2.05, 4.69) is 10.0 Å². The van der Waals surface area contributed by atoms with Crippen LogP contribution in [0.25, 0.3) is 0 Å². The summed E-state index contributed by atoms with van der Waals surface area (Å²) in [6.07, 6.45) is 0.802. The van der Waals surface area contributed by atoms with Crippen LogP contribution in [0.15, 0.2) is 18.2 Å². The van der Waals surface area contributed by atoms with Gasteiger partial charge in [0.1, 0.15) is 0 Å². The standard InChI is InChI=1S/C13H18Cl2N2O2S.ClH/c1-9-7-16-3-2-13(9)17-20(18,19)8-10-4-11(14)6-12(15)5-10;/h4-6,9,13,16-17H,2-3,7-8H2,1H3;1H. The summed E-state index contributed by atoms with van der Waals surface area (Å²) in [4.78, 5) is 0. The molecule has 1 aromatic carbocycles. The highest BCUT2D eigenvalue weighted by molar-refractivity contribution is 7.88. The Morgan fingerprint density at radius 3 is 2.48 bits per heavy atom. The summed E-state index contributed by atoms with van der Waals surface area (Å²) in [5, 5.41) is 4.13. The molecule has 1 aliphatic rings. The second-order valence-corrected chi connectivity index (χ2v) is 7.86. The molecule has 21 heavy (non-hydrogen) atoms. The van der Waals surface area contributed by atoms with E-state index in [0.29, 0.717) is 15.6 Å². The predicted molar refractivity (Wildman–Crippen MR) is 89.9 cm³/mol. The zero-order valence-electron chi connectivity index (χ0n) is 11.6. The Kier molecular flexibility index (Phi) is 7.24. The van der Waals surface area contributed by atoms with Gasteiger partial charge in [-0.3, -0.25) is 0 Å². The van der Waals surface area contributed by atoms with Gasteiger partial charge < -0.3 is 5.32 Å². The molecule has 1 aliphatic heterocycles. The van der Waals surface area contributed by atoms with Gasteiger partial charge in [0.25, 0.3) is 0 Å². The fourth-order valence-electron chi connectivity index (χ4n) is 2.38. The lowest BCUT2D eigenvalue weighted by atomic mass is 9.97. The van der Waals surface area contributed by atoms with E-state index in [1.54, 1.807) is 18.2 Å². The van der Waals surface area contributed by atoms with Gasteiger partial charge in [-0.05, 0) is 49.2 Å². The fourth-order valence-corrected chi connectivity index (χ4v) is 4.45. The van der Waals surface area contributed by atoms with Crippen LogP contribution in [0.2, 0.25) is 10.0 Å². The first-order valence-corrected chi connectivity index (χ1v) is 8.92. The van der Waals surface area contributed by atoms with Gasteiger partial charge in [-0.2, -0.15) is 0 Å². The van der Waals surface area contributed by atoms with E-state index in [0.717, 1.165) is 19.5 Å². The lowest BCUT2D eigenvalue weighted by Crippen LogP contribution is -2.48. The van der Waals surface area contributed by atoms with Crippen LogP contribution >= 0.6 is 35.6 Å². The zero-order chi connectivity index (χ0) is 14.8. The Bertz CT molecular complexity index is 561. The molecule has 1 fully saturated rings. The van der Waals surface area contributed by atoms with Gasteiger partial charge in [-0.1, -0.05) is 30.1 Å². The van der Waals surface area contributed by atoms with Gasteiger partial charge in [0.15, 0.2) is 0 Å². The van der Waals surface area contributed by atoms with Gasteiger partial charge in [0.2, 0.25) is 10.0 Å². The van der Waals surface area contributed by atoms with Crippen LogP contribution in [0.3, 0.4) is 0 Å². The van der Waals surface area contributed by atoms with Crippen LogP contribution in [0, 0.1) is 5.92 Å². The first kappa shape index (κ1) is 19.0. The molecule has 2 unspecified atom stereocenters. The Labute approximate surface area is 142 Å². The summed E-state index contributed by atoms with van der Waals surface area (Å²) >= 11 is 11.8. The highest BCUT2D eigenvalue weighted by atomic mass is 35.5. The van der Waals surface area contributed by atoms with Crippen LogP contribution in [0.4, 0.5) is 0 Å². The first-order chi connectivity index (χ1) is 9.35. The van der Waals surface area contributed by atoms with E-state index in [1.165, 1.54) is 0 Å². The molecule has 0 aliphatic carbocycles. The van der Waals surface area contributed by atoms with Gasteiger partial charge >= 0.3 is 0 Å². The summed E-state index contributed by atoms with van der Waals surface area (Å²) in [5.74, 6) is 0.172. The van der Waals surface area contributed by atoms with Crippen molar-refractivity contribution in [1.29, 1.82) is 0 Å². The van der Waals surface area contributed by atoms with E-state index in [4.69, 9.17) is 23.2 Å². The van der Waals surface area contributed by atoms with Crippen LogP contribution in [-0.2, 0) is 15.8 Å². The molecule has 0 bridgehead atoms. The van der Waals surface area contributed by atoms with Gasteiger partial charge in [-0.15, -0.1) is 12.4 Å². The van der Waals surface area contributed by atoms with Crippen molar-refractivity contribution < 1.29 is 8.42 Å². The van der Waals surface area contributed by atoms with Crippen LogP contribution in [0.5, 0.6) is 0 Å². The van der Waals surface area contributed by atoms with Crippen LogP contribution in [0.1, 0.15) is 18.9 Å². The quantitative estimate of drug-likeness (QED) is 0.853. The second-order valence-electron chi connectivity index (χ2n) is 5.23. The maximum Gasteiger partial charge on any atom is 0.216 e. The molecule has 1 saturated heterocycles. The number of halogens is 3. The minimum Gasteiger partial charge on any atom is -0.316 e. The zero-order valence-corrected chi connectivity index (χ0v) is 14.7. The smallest absolute Gasteiger partial charge is 0.216 e. The Hall–Kier alpha value is -0.0400. The Balaban J connectivity index is 0.00000220. The molecular formula is C13H19Cl3N2O2S. The molecule has 4 nitrogen and oxygen atoms in total. The minimum atomic E-state index is -3.40. The summed E-state index contributed by atoms with van der Waals surface area (Å²) in [5.41, 5.74) is 0.594. The first-order valence-electron chi connectivity index (χ1n) is 6.51. The molecule has 0 spiro atoms. The van der Waals surface area contributed by atoms with Gasteiger partial charge in [-0.25, -0.2) is 13.1 Å². The third-order valence-electron chi connectivity index (χ3n) is 3.40. The van der Waals surface area contributed by atoms with Gasteiger partial charge in [0.05, 0.1) is 5.75 Å². The molecule has 8 heteroatoms. The molecule has 0 saturated carbocycles. The van der Waals surface area contributed by atoms with E-state index in [-0.39, 0.29) is 30.1 Å². The van der Waals surface area contributed by atoms with Crippen molar-refractivity contribution in [3.63, 3.8) is 0 Å². The third kappa shape index (κ3) is 5.93. The highest BCUT2D eigenvalue weighted by Gasteiger charge is 2.25. The molecule has 1 heterocycles. The molecule has 2 atom stereocenters. The summed E-state index contributed by atoms with van der Waals surface area (Å²) in [7, 11) is -3.40. The van der Waals surface area contributed by atoms with Crippen molar-refractivity contribution in [3.05, 3.63) is 33.8 Å². The lowest BCUT2D eigenvalue weighted by Gasteiger charge is -2.30. The Morgan fingerprint density at radius 2 is 1.90 bits per heavy atom. The maximum atomic E-state index is 12.2. The number of hydrogen-bond donors (Lipinski definition) is 2. The minimum absolute atomic E-state index is 0. The van der Waals surface area contributed by atoms with Crippen molar-refractivity contribution >= 4 is 45.6 Å². The molecule has 120 valence electrons. The van der Waals surface area contributed by atoms with Crippen molar-refractivity contribution in [2.75, 3.05) is 13.1 Å².